The van der Waals surface area contributed by atoms with E-state index in [0.717, 1.165) is 4.68 Å². The summed E-state index contributed by atoms with van der Waals surface area (Å²) in [5.74, 6) is 5.34. The molecule has 0 saturated carbocycles. The largest absolute Gasteiger partial charge is 0.390 e. The molecule has 0 amide bonds. The number of aliphatic hydroxyl groups is 1. The van der Waals surface area contributed by atoms with Crippen LogP contribution in [-0.4, -0.2) is 20.0 Å². The maximum absolute atomic E-state index is 8.63. The summed E-state index contributed by atoms with van der Waals surface area (Å²) in [4.78, 5) is 0. The maximum Gasteiger partial charge on any atom is 0.239 e. The van der Waals surface area contributed by atoms with Crippen LogP contribution < -0.4 is 5.84 Å². The Morgan fingerprint density at radius 3 is 3.00 bits per heavy atom. The monoisotopic (exact) mass is 158 g/mol. The molecule has 1 heterocycles. The summed E-state index contributed by atoms with van der Waals surface area (Å²) >= 11 is 4.66. The van der Waals surface area contributed by atoms with Crippen molar-refractivity contribution in [2.75, 3.05) is 5.84 Å². The van der Waals surface area contributed by atoms with E-state index in [1.807, 2.05) is 0 Å². The molecule has 6 heteroatoms. The highest BCUT2D eigenvalue weighted by molar-refractivity contribution is 7.71. The van der Waals surface area contributed by atoms with E-state index < -0.39 is 0 Å². The molecule has 1 aromatic heterocycles. The summed E-state index contributed by atoms with van der Waals surface area (Å²) in [5, 5.41) is 15.6. The molecule has 0 aromatic carbocycles. The van der Waals surface area contributed by atoms with E-state index >= 15 is 0 Å². The number of nitrogen functional groups attached to an aromatic ring is 1. The molecule has 54 valence electrons. The quantitative estimate of drug-likeness (QED) is 0.414. The average Bonchev–Trinajstić information content (AvgIpc) is 1.95. The van der Waals surface area contributed by atoms with E-state index in [1.54, 1.807) is 0 Å². The van der Waals surface area contributed by atoms with Crippen LogP contribution in [0.1, 0.15) is 5.69 Å². The van der Waals surface area contributed by atoms with Crippen molar-refractivity contribution in [1.29, 1.82) is 0 Å². The molecule has 0 spiro atoms. The minimum atomic E-state index is -0.185. The molecular formula is C4H6N4OS. The van der Waals surface area contributed by atoms with Gasteiger partial charge in [0.15, 0.2) is 0 Å². The molecule has 0 saturated heterocycles. The Labute approximate surface area is 62.1 Å². The first-order valence-electron chi connectivity index (χ1n) is 2.55. The van der Waals surface area contributed by atoms with Crippen molar-refractivity contribution in [3.63, 3.8) is 0 Å². The summed E-state index contributed by atoms with van der Waals surface area (Å²) in [6, 6.07) is 0. The zero-order valence-electron chi connectivity index (χ0n) is 5.06. The number of hydrogen-bond acceptors (Lipinski definition) is 5. The highest BCUT2D eigenvalue weighted by Crippen LogP contribution is 1.90. The molecule has 0 fully saturated rings. The highest BCUT2D eigenvalue weighted by atomic mass is 32.1. The van der Waals surface area contributed by atoms with Crippen molar-refractivity contribution >= 4 is 12.2 Å². The van der Waals surface area contributed by atoms with Gasteiger partial charge >= 0.3 is 0 Å². The molecular weight excluding hydrogens is 152 g/mol. The van der Waals surface area contributed by atoms with Crippen LogP contribution in [0.5, 0.6) is 0 Å². The Hall–Kier alpha value is -1.01. The van der Waals surface area contributed by atoms with Crippen LogP contribution in [-0.2, 0) is 6.61 Å². The van der Waals surface area contributed by atoms with Crippen molar-refractivity contribution in [3.05, 3.63) is 16.7 Å². The van der Waals surface area contributed by atoms with Gasteiger partial charge in [-0.25, -0.2) is 4.68 Å². The molecule has 0 aliphatic rings. The van der Waals surface area contributed by atoms with E-state index in [2.05, 4.69) is 22.4 Å². The SMILES string of the molecule is Nn1c(CO)cnnc1=S. The summed E-state index contributed by atoms with van der Waals surface area (Å²) < 4.78 is 1.27. The lowest BCUT2D eigenvalue weighted by Crippen LogP contribution is -2.17. The van der Waals surface area contributed by atoms with Gasteiger partial charge in [-0.05, 0) is 12.2 Å². The summed E-state index contributed by atoms with van der Waals surface area (Å²) in [6.45, 7) is -0.185. The molecule has 0 aliphatic carbocycles. The molecule has 0 aliphatic heterocycles. The molecule has 3 N–H and O–H groups in total. The van der Waals surface area contributed by atoms with Crippen LogP contribution in [0.15, 0.2) is 6.20 Å². The second-order valence-corrected chi connectivity index (χ2v) is 2.01. The molecule has 1 aromatic rings. The molecule has 0 unspecified atom stereocenters. The minimum Gasteiger partial charge on any atom is -0.390 e. The molecule has 0 atom stereocenters. The normalized spacial score (nSPS) is 9.70. The Kier molecular flexibility index (Phi) is 1.93. The number of hydrogen-bond donors (Lipinski definition) is 2. The molecule has 0 radical (unpaired) electrons. The van der Waals surface area contributed by atoms with E-state index in [4.69, 9.17) is 10.9 Å². The van der Waals surface area contributed by atoms with Gasteiger partial charge in [-0.3, -0.25) is 0 Å². The lowest BCUT2D eigenvalue weighted by molar-refractivity contribution is 0.271. The van der Waals surface area contributed by atoms with Gasteiger partial charge in [-0.15, -0.1) is 5.10 Å². The van der Waals surface area contributed by atoms with Gasteiger partial charge in [0.25, 0.3) is 0 Å². The minimum absolute atomic E-state index is 0.159. The Morgan fingerprint density at radius 1 is 1.80 bits per heavy atom. The van der Waals surface area contributed by atoms with Crippen LogP contribution in [0.4, 0.5) is 0 Å². The predicted octanol–water partition coefficient (Wildman–Crippen LogP) is -0.786. The first-order chi connectivity index (χ1) is 4.75. The van der Waals surface area contributed by atoms with Gasteiger partial charge in [0, 0.05) is 0 Å². The van der Waals surface area contributed by atoms with Crippen LogP contribution in [0.2, 0.25) is 0 Å². The van der Waals surface area contributed by atoms with Gasteiger partial charge in [0.05, 0.1) is 18.5 Å². The van der Waals surface area contributed by atoms with Crippen molar-refractivity contribution < 1.29 is 5.11 Å². The number of rotatable bonds is 1. The van der Waals surface area contributed by atoms with E-state index in [1.165, 1.54) is 6.20 Å². The third kappa shape index (κ3) is 1.12. The summed E-state index contributed by atoms with van der Waals surface area (Å²) in [5.41, 5.74) is 0.444. The molecule has 0 bridgehead atoms. The summed E-state index contributed by atoms with van der Waals surface area (Å²) in [7, 11) is 0. The van der Waals surface area contributed by atoms with Gasteiger partial charge in [-0.2, -0.15) is 5.10 Å². The average molecular weight is 158 g/mol. The number of nitrogens with two attached hydrogens (primary N) is 1. The lowest BCUT2D eigenvalue weighted by atomic mass is 10.5. The smallest absolute Gasteiger partial charge is 0.239 e. The lowest BCUT2D eigenvalue weighted by Gasteiger charge is -2.01. The standard InChI is InChI=1S/C4H6N4OS/c5-8-3(2-9)1-6-7-4(8)10/h1,9H,2,5H2. The molecule has 10 heavy (non-hydrogen) atoms. The first-order valence-corrected chi connectivity index (χ1v) is 2.96. The van der Waals surface area contributed by atoms with Crippen LogP contribution >= 0.6 is 12.2 Å². The topological polar surface area (TPSA) is 77.0 Å². The summed E-state index contributed by atoms with van der Waals surface area (Å²) in [6.07, 6.45) is 1.36. The van der Waals surface area contributed by atoms with Crippen molar-refractivity contribution in [1.82, 2.24) is 14.9 Å². The van der Waals surface area contributed by atoms with Crippen LogP contribution in [0.25, 0.3) is 0 Å². The second kappa shape index (κ2) is 2.72. The second-order valence-electron chi connectivity index (χ2n) is 1.65. The fourth-order valence-electron chi connectivity index (χ4n) is 0.495. The van der Waals surface area contributed by atoms with Gasteiger partial charge in [0.1, 0.15) is 0 Å². The van der Waals surface area contributed by atoms with E-state index in [-0.39, 0.29) is 11.4 Å². The number of aliphatic hydroxyl groups excluding tert-OH is 1. The van der Waals surface area contributed by atoms with Crippen LogP contribution in [0.3, 0.4) is 0 Å². The van der Waals surface area contributed by atoms with Crippen molar-refractivity contribution in [2.45, 2.75) is 6.61 Å². The van der Waals surface area contributed by atoms with Crippen LogP contribution in [0, 0.1) is 4.77 Å². The van der Waals surface area contributed by atoms with Gasteiger partial charge in [-0.1, -0.05) is 0 Å². The van der Waals surface area contributed by atoms with Crippen molar-refractivity contribution in [2.24, 2.45) is 0 Å². The molecule has 5 nitrogen and oxygen atoms in total. The number of aromatic nitrogens is 3. The van der Waals surface area contributed by atoms with E-state index in [0.29, 0.717) is 5.69 Å². The fourth-order valence-corrected chi connectivity index (χ4v) is 0.660. The third-order valence-corrected chi connectivity index (χ3v) is 1.31. The Bertz CT molecular complexity index is 283. The zero-order valence-corrected chi connectivity index (χ0v) is 5.88. The Balaban J connectivity index is 3.28. The van der Waals surface area contributed by atoms with Crippen molar-refractivity contribution in [3.8, 4) is 0 Å². The molecule has 1 rings (SSSR count). The maximum atomic E-state index is 8.63. The van der Waals surface area contributed by atoms with E-state index in [9.17, 15) is 0 Å². The predicted molar refractivity (Wildman–Crippen MR) is 36.9 cm³/mol. The highest BCUT2D eigenvalue weighted by Gasteiger charge is 1.95. The fraction of sp³-hybridized carbons (Fsp3) is 0.250. The Morgan fingerprint density at radius 2 is 2.50 bits per heavy atom. The zero-order chi connectivity index (χ0) is 7.56. The number of nitrogens with zero attached hydrogens (tertiary/aromatic N) is 3. The van der Waals surface area contributed by atoms with Gasteiger partial charge < -0.3 is 10.9 Å². The van der Waals surface area contributed by atoms with Gasteiger partial charge in [0.2, 0.25) is 4.77 Å². The third-order valence-electron chi connectivity index (χ3n) is 1.03. The first kappa shape index (κ1) is 7.10.